The molecule has 2 saturated heterocycles. The zero-order valence-corrected chi connectivity index (χ0v) is 14.3. The van der Waals surface area contributed by atoms with E-state index < -0.39 is 0 Å². The van der Waals surface area contributed by atoms with Gasteiger partial charge in [0.2, 0.25) is 0 Å². The molecule has 4 nitrogen and oxygen atoms in total. The zero-order chi connectivity index (χ0) is 16.3. The number of piperidine rings is 2. The minimum absolute atomic E-state index is 0.151. The molecular formula is C19H27N3O. The van der Waals surface area contributed by atoms with Crippen LogP contribution in [-0.2, 0) is 0 Å². The molecule has 0 N–H and O–H groups in total. The van der Waals surface area contributed by atoms with Gasteiger partial charge >= 0.3 is 0 Å². The van der Waals surface area contributed by atoms with Crippen molar-refractivity contribution in [2.45, 2.75) is 38.6 Å². The van der Waals surface area contributed by atoms with Crippen molar-refractivity contribution < 1.29 is 4.74 Å². The fourth-order valence-corrected chi connectivity index (χ4v) is 3.98. The quantitative estimate of drug-likeness (QED) is 0.858. The molecule has 0 saturated carbocycles. The Morgan fingerprint density at radius 3 is 2.74 bits per heavy atom. The van der Waals surface area contributed by atoms with Crippen LogP contribution < -0.4 is 9.64 Å². The molecule has 1 aromatic carbocycles. The Hall–Kier alpha value is -1.73. The molecule has 0 unspecified atom stereocenters. The van der Waals surface area contributed by atoms with E-state index in [0.717, 1.165) is 44.8 Å². The highest BCUT2D eigenvalue weighted by Crippen LogP contribution is 2.32. The molecule has 3 rings (SSSR count). The average molecular weight is 313 g/mol. The standard InChI is InChI=1S/C19H27N3O/c1-19(14-20)9-4-10-22(15-19)16-7-11-21(12-8-16)17-5-3-6-18(13-17)23-2/h3,5-6,13,16H,4,7-12,15H2,1-2H3/t19-/m0/s1. The Bertz CT molecular complexity index is 574. The fraction of sp³-hybridized carbons (Fsp3) is 0.632. The van der Waals surface area contributed by atoms with E-state index >= 15 is 0 Å². The number of benzene rings is 1. The molecule has 0 bridgehead atoms. The summed E-state index contributed by atoms with van der Waals surface area (Å²) in [6.07, 6.45) is 4.56. The molecule has 2 fully saturated rings. The van der Waals surface area contributed by atoms with Gasteiger partial charge in [-0.3, -0.25) is 4.90 Å². The third-order valence-electron chi connectivity index (χ3n) is 5.40. The number of methoxy groups -OCH3 is 1. The first-order chi connectivity index (χ1) is 11.1. The summed E-state index contributed by atoms with van der Waals surface area (Å²) in [5.74, 6) is 0.922. The highest BCUT2D eigenvalue weighted by molar-refractivity contribution is 5.51. The first-order valence-electron chi connectivity index (χ1n) is 8.68. The number of hydrogen-bond donors (Lipinski definition) is 0. The Labute approximate surface area is 139 Å². The summed E-state index contributed by atoms with van der Waals surface area (Å²) in [7, 11) is 1.72. The van der Waals surface area contributed by atoms with E-state index in [-0.39, 0.29) is 5.41 Å². The van der Waals surface area contributed by atoms with Crippen molar-refractivity contribution in [1.82, 2.24) is 4.90 Å². The smallest absolute Gasteiger partial charge is 0.120 e. The molecule has 124 valence electrons. The Morgan fingerprint density at radius 2 is 2.04 bits per heavy atom. The predicted molar refractivity (Wildman–Crippen MR) is 92.8 cm³/mol. The molecule has 0 aliphatic carbocycles. The summed E-state index contributed by atoms with van der Waals surface area (Å²) < 4.78 is 5.33. The highest BCUT2D eigenvalue weighted by Gasteiger charge is 2.35. The van der Waals surface area contributed by atoms with Gasteiger partial charge in [0, 0.05) is 37.4 Å². The van der Waals surface area contributed by atoms with E-state index in [2.05, 4.69) is 41.0 Å². The molecule has 0 aromatic heterocycles. The van der Waals surface area contributed by atoms with Gasteiger partial charge in [0.05, 0.1) is 18.6 Å². The summed E-state index contributed by atoms with van der Waals surface area (Å²) in [5.41, 5.74) is 1.10. The Balaban J connectivity index is 1.59. The maximum atomic E-state index is 9.41. The van der Waals surface area contributed by atoms with Gasteiger partial charge in [-0.05, 0) is 51.3 Å². The van der Waals surface area contributed by atoms with Crippen molar-refractivity contribution in [3.05, 3.63) is 24.3 Å². The van der Waals surface area contributed by atoms with E-state index in [1.807, 2.05) is 6.07 Å². The van der Waals surface area contributed by atoms with Crippen molar-refractivity contribution in [1.29, 1.82) is 5.26 Å². The van der Waals surface area contributed by atoms with Gasteiger partial charge in [-0.25, -0.2) is 0 Å². The number of ether oxygens (including phenoxy) is 1. The minimum Gasteiger partial charge on any atom is -0.497 e. The first-order valence-corrected chi connectivity index (χ1v) is 8.68. The van der Waals surface area contributed by atoms with Crippen LogP contribution in [0.3, 0.4) is 0 Å². The van der Waals surface area contributed by atoms with Crippen LogP contribution >= 0.6 is 0 Å². The largest absolute Gasteiger partial charge is 0.497 e. The van der Waals surface area contributed by atoms with Crippen molar-refractivity contribution in [2.24, 2.45) is 5.41 Å². The van der Waals surface area contributed by atoms with Crippen LogP contribution in [0.25, 0.3) is 0 Å². The number of hydrogen-bond acceptors (Lipinski definition) is 4. The maximum Gasteiger partial charge on any atom is 0.120 e. The molecule has 1 atom stereocenters. The third kappa shape index (κ3) is 3.61. The van der Waals surface area contributed by atoms with Crippen molar-refractivity contribution in [3.63, 3.8) is 0 Å². The van der Waals surface area contributed by atoms with E-state index in [1.165, 1.54) is 18.5 Å². The van der Waals surface area contributed by atoms with Crippen LogP contribution in [0.15, 0.2) is 24.3 Å². The molecule has 1 aromatic rings. The van der Waals surface area contributed by atoms with Crippen LogP contribution in [0.2, 0.25) is 0 Å². The normalized spacial score (nSPS) is 26.7. The molecule has 0 spiro atoms. The van der Waals surface area contributed by atoms with Crippen LogP contribution in [0.5, 0.6) is 5.75 Å². The van der Waals surface area contributed by atoms with Gasteiger partial charge < -0.3 is 9.64 Å². The molecular weight excluding hydrogens is 286 g/mol. The van der Waals surface area contributed by atoms with Crippen LogP contribution in [-0.4, -0.2) is 44.2 Å². The molecule has 0 amide bonds. The van der Waals surface area contributed by atoms with Gasteiger partial charge in [0.1, 0.15) is 5.75 Å². The van der Waals surface area contributed by atoms with Crippen molar-refractivity contribution in [2.75, 3.05) is 38.2 Å². The van der Waals surface area contributed by atoms with Crippen LogP contribution in [0.1, 0.15) is 32.6 Å². The summed E-state index contributed by atoms with van der Waals surface area (Å²) in [5, 5.41) is 9.41. The zero-order valence-electron chi connectivity index (χ0n) is 14.3. The number of nitriles is 1. The minimum atomic E-state index is -0.151. The number of rotatable bonds is 3. The second kappa shape index (κ2) is 6.80. The summed E-state index contributed by atoms with van der Waals surface area (Å²) in [6.45, 7) is 6.37. The summed E-state index contributed by atoms with van der Waals surface area (Å²) in [6, 6.07) is 11.5. The monoisotopic (exact) mass is 313 g/mol. The van der Waals surface area contributed by atoms with Crippen molar-refractivity contribution >= 4 is 5.69 Å². The Morgan fingerprint density at radius 1 is 1.26 bits per heavy atom. The van der Waals surface area contributed by atoms with Gasteiger partial charge in [0.25, 0.3) is 0 Å². The van der Waals surface area contributed by atoms with E-state index in [9.17, 15) is 5.26 Å². The second-order valence-corrected chi connectivity index (χ2v) is 7.17. The van der Waals surface area contributed by atoms with Gasteiger partial charge in [-0.15, -0.1) is 0 Å². The van der Waals surface area contributed by atoms with E-state index in [0.29, 0.717) is 6.04 Å². The fourth-order valence-electron chi connectivity index (χ4n) is 3.98. The van der Waals surface area contributed by atoms with Gasteiger partial charge in [0.15, 0.2) is 0 Å². The molecule has 2 heterocycles. The molecule has 4 heteroatoms. The lowest BCUT2D eigenvalue weighted by atomic mass is 9.82. The van der Waals surface area contributed by atoms with Crippen molar-refractivity contribution in [3.8, 4) is 11.8 Å². The summed E-state index contributed by atoms with van der Waals surface area (Å²) >= 11 is 0. The second-order valence-electron chi connectivity index (χ2n) is 7.17. The maximum absolute atomic E-state index is 9.41. The molecule has 2 aliphatic heterocycles. The SMILES string of the molecule is COc1cccc(N2CCC(N3CCC[C@@](C)(C#N)C3)CC2)c1. The number of likely N-dealkylation sites (tertiary alicyclic amines) is 1. The molecule has 23 heavy (non-hydrogen) atoms. The van der Waals surface area contributed by atoms with E-state index in [4.69, 9.17) is 4.74 Å². The molecule has 2 aliphatic rings. The average Bonchev–Trinajstić information content (AvgIpc) is 2.62. The lowest BCUT2D eigenvalue weighted by Crippen LogP contribution is -2.50. The molecule has 0 radical (unpaired) electrons. The van der Waals surface area contributed by atoms with Gasteiger partial charge in [-0.2, -0.15) is 5.26 Å². The number of anilines is 1. The highest BCUT2D eigenvalue weighted by atomic mass is 16.5. The Kier molecular flexibility index (Phi) is 4.77. The lowest BCUT2D eigenvalue weighted by molar-refractivity contribution is 0.0852. The third-order valence-corrected chi connectivity index (χ3v) is 5.40. The summed E-state index contributed by atoms with van der Waals surface area (Å²) in [4.78, 5) is 5.02. The first kappa shape index (κ1) is 16.1. The number of nitrogens with zero attached hydrogens (tertiary/aromatic N) is 3. The topological polar surface area (TPSA) is 39.5 Å². The van der Waals surface area contributed by atoms with E-state index in [1.54, 1.807) is 7.11 Å². The van der Waals surface area contributed by atoms with Crippen LogP contribution in [0.4, 0.5) is 5.69 Å². The lowest BCUT2D eigenvalue weighted by Gasteiger charge is -2.44. The predicted octanol–water partition coefficient (Wildman–Crippen LogP) is 3.29. The van der Waals surface area contributed by atoms with Gasteiger partial charge in [-0.1, -0.05) is 6.07 Å². The van der Waals surface area contributed by atoms with Crippen LogP contribution in [0, 0.1) is 16.7 Å².